The Labute approximate surface area is 146 Å². The zero-order valence-electron chi connectivity index (χ0n) is 14.0. The van der Waals surface area contributed by atoms with Gasteiger partial charge in [0.1, 0.15) is 11.6 Å². The molecule has 0 saturated carbocycles. The van der Waals surface area contributed by atoms with Crippen molar-refractivity contribution in [3.63, 3.8) is 0 Å². The maximum Gasteiger partial charge on any atom is 0.338 e. The Morgan fingerprint density at radius 2 is 1.67 bits per heavy atom. The van der Waals surface area contributed by atoms with E-state index < -0.39 is 0 Å². The molecule has 0 aliphatic heterocycles. The van der Waals surface area contributed by atoms with Gasteiger partial charge in [-0.1, -0.05) is 47.0 Å². The van der Waals surface area contributed by atoms with Crippen LogP contribution in [-0.2, 0) is 11.3 Å². The number of esters is 1. The Morgan fingerprint density at radius 1 is 1.00 bits per heavy atom. The highest BCUT2D eigenvalue weighted by atomic mass is 32.1. The highest BCUT2D eigenvalue weighted by molar-refractivity contribution is 7.13. The molecule has 0 aliphatic carbocycles. The van der Waals surface area contributed by atoms with Gasteiger partial charge in [-0.15, -0.1) is 11.3 Å². The van der Waals surface area contributed by atoms with Crippen molar-refractivity contribution in [2.45, 2.75) is 27.4 Å². The van der Waals surface area contributed by atoms with Crippen molar-refractivity contribution in [1.29, 1.82) is 0 Å². The number of carbonyl (C=O) groups excluding carboxylic acids is 1. The molecule has 2 aromatic carbocycles. The fraction of sp³-hybridized carbons (Fsp3) is 0.200. The van der Waals surface area contributed by atoms with Crippen molar-refractivity contribution in [3.05, 3.63) is 75.8 Å². The summed E-state index contributed by atoms with van der Waals surface area (Å²) >= 11 is 1.56. The quantitative estimate of drug-likeness (QED) is 0.622. The number of benzene rings is 2. The third-order valence-corrected chi connectivity index (χ3v) is 4.60. The number of hydrogen-bond donors (Lipinski definition) is 0. The van der Waals surface area contributed by atoms with Crippen LogP contribution in [0.5, 0.6) is 0 Å². The normalized spacial score (nSPS) is 10.6. The molecule has 0 unspecified atom stereocenters. The van der Waals surface area contributed by atoms with Crippen molar-refractivity contribution in [2.24, 2.45) is 0 Å². The average molecular weight is 337 g/mol. The van der Waals surface area contributed by atoms with Crippen molar-refractivity contribution >= 4 is 17.3 Å². The number of thiazole rings is 1. The molecule has 0 fully saturated rings. The second-order valence-corrected chi connectivity index (χ2v) is 6.82. The number of hydrogen-bond acceptors (Lipinski definition) is 4. The predicted octanol–water partition coefficient (Wildman–Crippen LogP) is 5.09. The molecule has 0 N–H and O–H groups in total. The minimum absolute atomic E-state index is 0.189. The van der Waals surface area contributed by atoms with Crippen LogP contribution in [0, 0.1) is 20.8 Å². The Balaban J connectivity index is 1.67. The SMILES string of the molecule is Cc1ccc(-c2nc(COC(=O)c3cc(C)cc(C)c3)cs2)cc1. The predicted molar refractivity (Wildman–Crippen MR) is 97.3 cm³/mol. The largest absolute Gasteiger partial charge is 0.456 e. The van der Waals surface area contributed by atoms with Crippen LogP contribution in [0.4, 0.5) is 0 Å². The Hall–Kier alpha value is -2.46. The fourth-order valence-electron chi connectivity index (χ4n) is 2.52. The molecule has 0 radical (unpaired) electrons. The monoisotopic (exact) mass is 337 g/mol. The molecule has 0 aliphatic rings. The van der Waals surface area contributed by atoms with Crippen LogP contribution in [0.15, 0.2) is 47.8 Å². The molecular weight excluding hydrogens is 318 g/mol. The molecule has 1 aromatic heterocycles. The Kier molecular flexibility index (Phi) is 4.76. The van der Waals surface area contributed by atoms with E-state index in [9.17, 15) is 4.79 Å². The second-order valence-electron chi connectivity index (χ2n) is 5.96. The summed E-state index contributed by atoms with van der Waals surface area (Å²) in [6.45, 7) is 6.19. The lowest BCUT2D eigenvalue weighted by molar-refractivity contribution is 0.0468. The summed E-state index contributed by atoms with van der Waals surface area (Å²) in [5.41, 5.74) is 5.76. The van der Waals surface area contributed by atoms with E-state index in [-0.39, 0.29) is 12.6 Å². The summed E-state index contributed by atoms with van der Waals surface area (Å²) in [6.07, 6.45) is 0. The minimum atomic E-state index is -0.313. The maximum atomic E-state index is 12.2. The smallest absolute Gasteiger partial charge is 0.338 e. The van der Waals surface area contributed by atoms with Crippen LogP contribution in [0.25, 0.3) is 10.6 Å². The van der Waals surface area contributed by atoms with Crippen molar-refractivity contribution in [1.82, 2.24) is 4.98 Å². The third-order valence-electron chi connectivity index (χ3n) is 3.66. The molecule has 122 valence electrons. The molecule has 3 nitrogen and oxygen atoms in total. The lowest BCUT2D eigenvalue weighted by Gasteiger charge is -2.05. The zero-order chi connectivity index (χ0) is 17.1. The Bertz CT molecular complexity index is 845. The maximum absolute atomic E-state index is 12.2. The topological polar surface area (TPSA) is 39.2 Å². The van der Waals surface area contributed by atoms with Gasteiger partial charge in [-0.2, -0.15) is 0 Å². The molecule has 4 heteroatoms. The molecule has 0 saturated heterocycles. The summed E-state index contributed by atoms with van der Waals surface area (Å²) in [4.78, 5) is 16.7. The van der Waals surface area contributed by atoms with Gasteiger partial charge in [-0.05, 0) is 32.9 Å². The van der Waals surface area contributed by atoms with Gasteiger partial charge in [0.15, 0.2) is 0 Å². The number of ether oxygens (including phenoxy) is 1. The number of rotatable bonds is 4. The van der Waals surface area contributed by atoms with Gasteiger partial charge in [-0.25, -0.2) is 9.78 Å². The third kappa shape index (κ3) is 3.89. The molecular formula is C20H19NO2S. The fourth-order valence-corrected chi connectivity index (χ4v) is 3.33. The first-order chi connectivity index (χ1) is 11.5. The standard InChI is InChI=1S/C20H19NO2S/c1-13-4-6-16(7-5-13)19-21-18(12-24-19)11-23-20(22)17-9-14(2)8-15(3)10-17/h4-10,12H,11H2,1-3H3. The van der Waals surface area contributed by atoms with E-state index in [0.29, 0.717) is 5.56 Å². The zero-order valence-corrected chi connectivity index (χ0v) is 14.8. The van der Waals surface area contributed by atoms with Gasteiger partial charge in [0.25, 0.3) is 0 Å². The molecule has 0 atom stereocenters. The highest BCUT2D eigenvalue weighted by Gasteiger charge is 2.11. The first kappa shape index (κ1) is 16.4. The van der Waals surface area contributed by atoms with Crippen LogP contribution in [-0.4, -0.2) is 11.0 Å². The first-order valence-electron chi connectivity index (χ1n) is 7.78. The summed E-state index contributed by atoms with van der Waals surface area (Å²) in [7, 11) is 0. The van der Waals surface area contributed by atoms with Crippen LogP contribution >= 0.6 is 11.3 Å². The number of aryl methyl sites for hydroxylation is 3. The van der Waals surface area contributed by atoms with E-state index in [1.807, 2.05) is 37.4 Å². The molecule has 3 aromatic rings. The average Bonchev–Trinajstić information content (AvgIpc) is 3.01. The van der Waals surface area contributed by atoms with E-state index >= 15 is 0 Å². The number of carbonyl (C=O) groups is 1. The van der Waals surface area contributed by atoms with Gasteiger partial charge >= 0.3 is 5.97 Å². The van der Waals surface area contributed by atoms with E-state index in [1.165, 1.54) is 5.56 Å². The summed E-state index contributed by atoms with van der Waals surface area (Å²) in [5, 5.41) is 2.87. The highest BCUT2D eigenvalue weighted by Crippen LogP contribution is 2.24. The lowest BCUT2D eigenvalue weighted by atomic mass is 10.1. The molecule has 24 heavy (non-hydrogen) atoms. The summed E-state index contributed by atoms with van der Waals surface area (Å²) in [6, 6.07) is 14.0. The van der Waals surface area contributed by atoms with Gasteiger partial charge in [-0.3, -0.25) is 0 Å². The van der Waals surface area contributed by atoms with Crippen molar-refractivity contribution in [2.75, 3.05) is 0 Å². The van der Waals surface area contributed by atoms with Crippen molar-refractivity contribution < 1.29 is 9.53 Å². The lowest BCUT2D eigenvalue weighted by Crippen LogP contribution is -2.06. The first-order valence-corrected chi connectivity index (χ1v) is 8.66. The summed E-state index contributed by atoms with van der Waals surface area (Å²) in [5.74, 6) is -0.313. The van der Waals surface area contributed by atoms with Gasteiger partial charge < -0.3 is 4.74 Å². The minimum Gasteiger partial charge on any atom is -0.456 e. The van der Waals surface area contributed by atoms with Crippen LogP contribution in [0.2, 0.25) is 0 Å². The summed E-state index contributed by atoms with van der Waals surface area (Å²) < 4.78 is 5.40. The number of aromatic nitrogens is 1. The van der Waals surface area contributed by atoms with Crippen LogP contribution < -0.4 is 0 Å². The van der Waals surface area contributed by atoms with Crippen LogP contribution in [0.3, 0.4) is 0 Å². The molecule has 1 heterocycles. The van der Waals surface area contributed by atoms with Gasteiger partial charge in [0, 0.05) is 10.9 Å². The second kappa shape index (κ2) is 6.97. The molecule has 3 rings (SSSR count). The van der Waals surface area contributed by atoms with E-state index in [4.69, 9.17) is 4.74 Å². The van der Waals surface area contributed by atoms with Gasteiger partial charge in [0.2, 0.25) is 0 Å². The van der Waals surface area contributed by atoms with Crippen LogP contribution in [0.1, 0.15) is 32.7 Å². The van der Waals surface area contributed by atoms with E-state index in [2.05, 4.69) is 36.2 Å². The molecule has 0 spiro atoms. The molecule has 0 amide bonds. The number of nitrogens with zero attached hydrogens (tertiary/aromatic N) is 1. The van der Waals surface area contributed by atoms with E-state index in [1.54, 1.807) is 11.3 Å². The van der Waals surface area contributed by atoms with Crippen molar-refractivity contribution in [3.8, 4) is 10.6 Å². The Morgan fingerprint density at radius 3 is 2.33 bits per heavy atom. The molecule has 0 bridgehead atoms. The van der Waals surface area contributed by atoms with E-state index in [0.717, 1.165) is 27.4 Å². The van der Waals surface area contributed by atoms with Gasteiger partial charge in [0.05, 0.1) is 11.3 Å².